The number of aromatic nitrogens is 2. The average molecular weight is 472 g/mol. The van der Waals surface area contributed by atoms with Crippen molar-refractivity contribution < 1.29 is 18.4 Å². The lowest BCUT2D eigenvalue weighted by molar-refractivity contribution is -0.117. The van der Waals surface area contributed by atoms with Crippen LogP contribution in [0.3, 0.4) is 0 Å². The molecule has 33 heavy (non-hydrogen) atoms. The Morgan fingerprint density at radius 1 is 0.970 bits per heavy atom. The molecular weight excluding hydrogens is 448 g/mol. The van der Waals surface area contributed by atoms with Crippen LogP contribution >= 0.6 is 11.8 Å². The first-order chi connectivity index (χ1) is 15.9. The summed E-state index contributed by atoms with van der Waals surface area (Å²) in [6.07, 6.45) is 3.41. The molecule has 1 aromatic heterocycles. The Morgan fingerprint density at radius 2 is 1.58 bits per heavy atom. The van der Waals surface area contributed by atoms with Crippen LogP contribution in [0.5, 0.6) is 0 Å². The first-order valence-electron chi connectivity index (χ1n) is 10.4. The number of nitrogens with zero attached hydrogens (tertiary/aromatic N) is 4. The number of hydrogen-bond donors (Lipinski definition) is 1. The van der Waals surface area contributed by atoms with E-state index in [4.69, 9.17) is 0 Å². The highest BCUT2D eigenvalue weighted by molar-refractivity contribution is 7.98. The SMILES string of the molecule is CSc1ncc(C(=O)N2CCN(CC(=O)Nc3ccc(F)cc3)CC2)n1-c1ccc(F)cc1. The fraction of sp³-hybridized carbons (Fsp3) is 0.261. The predicted octanol–water partition coefficient (Wildman–Crippen LogP) is 3.27. The molecule has 1 N–H and O–H groups in total. The van der Waals surface area contributed by atoms with Crippen molar-refractivity contribution in [2.45, 2.75) is 5.16 Å². The highest BCUT2D eigenvalue weighted by atomic mass is 32.2. The largest absolute Gasteiger partial charge is 0.335 e. The summed E-state index contributed by atoms with van der Waals surface area (Å²) in [5.41, 5.74) is 1.61. The van der Waals surface area contributed by atoms with Crippen molar-refractivity contribution in [2.24, 2.45) is 0 Å². The van der Waals surface area contributed by atoms with Gasteiger partial charge in [0.05, 0.1) is 12.7 Å². The van der Waals surface area contributed by atoms with E-state index in [0.717, 1.165) is 0 Å². The molecule has 1 saturated heterocycles. The van der Waals surface area contributed by atoms with Gasteiger partial charge in [-0.1, -0.05) is 11.8 Å². The monoisotopic (exact) mass is 471 g/mol. The maximum Gasteiger partial charge on any atom is 0.272 e. The topological polar surface area (TPSA) is 70.5 Å². The number of carbonyl (C=O) groups excluding carboxylic acids is 2. The van der Waals surface area contributed by atoms with Crippen LogP contribution in [0, 0.1) is 11.6 Å². The van der Waals surface area contributed by atoms with Gasteiger partial charge in [0.1, 0.15) is 17.3 Å². The van der Waals surface area contributed by atoms with E-state index in [-0.39, 0.29) is 30.0 Å². The van der Waals surface area contributed by atoms with Crippen LogP contribution in [0.4, 0.5) is 14.5 Å². The van der Waals surface area contributed by atoms with Gasteiger partial charge in [-0.2, -0.15) is 0 Å². The van der Waals surface area contributed by atoms with Gasteiger partial charge < -0.3 is 10.2 Å². The summed E-state index contributed by atoms with van der Waals surface area (Å²) in [5, 5.41) is 3.39. The number of nitrogens with one attached hydrogen (secondary N) is 1. The van der Waals surface area contributed by atoms with Crippen molar-refractivity contribution in [3.63, 3.8) is 0 Å². The van der Waals surface area contributed by atoms with E-state index < -0.39 is 0 Å². The Morgan fingerprint density at radius 3 is 2.18 bits per heavy atom. The summed E-state index contributed by atoms with van der Waals surface area (Å²) >= 11 is 1.40. The van der Waals surface area contributed by atoms with E-state index in [9.17, 15) is 18.4 Å². The fourth-order valence-corrected chi connectivity index (χ4v) is 4.22. The van der Waals surface area contributed by atoms with Crippen molar-refractivity contribution in [1.82, 2.24) is 19.4 Å². The fourth-order valence-electron chi connectivity index (χ4n) is 3.68. The number of piperazine rings is 1. The molecule has 1 fully saturated rings. The number of thioether (sulfide) groups is 1. The molecular formula is C23H23F2N5O2S. The third-order valence-corrected chi connectivity index (χ3v) is 6.02. The van der Waals surface area contributed by atoms with Gasteiger partial charge in [-0.3, -0.25) is 19.1 Å². The lowest BCUT2D eigenvalue weighted by atomic mass is 10.2. The molecule has 10 heteroatoms. The molecule has 2 amide bonds. The first-order valence-corrected chi connectivity index (χ1v) is 11.6. The van der Waals surface area contributed by atoms with Gasteiger partial charge in [0.25, 0.3) is 5.91 Å². The van der Waals surface area contributed by atoms with Gasteiger partial charge in [-0.15, -0.1) is 0 Å². The molecule has 0 aliphatic carbocycles. The van der Waals surface area contributed by atoms with Crippen LogP contribution in [0.2, 0.25) is 0 Å². The third-order valence-electron chi connectivity index (χ3n) is 5.37. The van der Waals surface area contributed by atoms with Crippen LogP contribution in [0.15, 0.2) is 59.9 Å². The first kappa shape index (κ1) is 22.9. The van der Waals surface area contributed by atoms with Crippen molar-refractivity contribution in [2.75, 3.05) is 44.3 Å². The third kappa shape index (κ3) is 5.40. The van der Waals surface area contributed by atoms with Crippen LogP contribution in [0.1, 0.15) is 10.5 Å². The minimum Gasteiger partial charge on any atom is -0.335 e. The Hall–Kier alpha value is -3.24. The Bertz CT molecular complexity index is 1130. The molecule has 0 bridgehead atoms. The van der Waals surface area contributed by atoms with Crippen LogP contribution < -0.4 is 5.32 Å². The minimum absolute atomic E-state index is 0.164. The number of benzene rings is 2. The van der Waals surface area contributed by atoms with E-state index in [0.29, 0.717) is 48.4 Å². The van der Waals surface area contributed by atoms with Crippen LogP contribution in [-0.4, -0.2) is 70.1 Å². The van der Waals surface area contributed by atoms with Gasteiger partial charge in [-0.25, -0.2) is 13.8 Å². The number of rotatable bonds is 6. The standard InChI is InChI=1S/C23H23F2N5O2S/c1-33-23-26-14-20(30(23)19-8-4-17(25)5-9-19)22(32)29-12-10-28(11-13-29)15-21(31)27-18-6-2-16(24)3-7-18/h2-9,14H,10-13,15H2,1H3,(H,27,31). The molecule has 0 radical (unpaired) electrons. The normalized spacial score (nSPS) is 14.3. The molecule has 1 aliphatic rings. The highest BCUT2D eigenvalue weighted by Gasteiger charge is 2.27. The Kier molecular flexibility index (Phi) is 7.05. The van der Waals surface area contributed by atoms with Crippen molar-refractivity contribution >= 4 is 29.3 Å². The number of halogens is 2. The molecule has 0 unspecified atom stereocenters. The summed E-state index contributed by atoms with van der Waals surface area (Å²) in [7, 11) is 0. The number of hydrogen-bond acceptors (Lipinski definition) is 5. The lowest BCUT2D eigenvalue weighted by Gasteiger charge is -2.34. The van der Waals surface area contributed by atoms with Crippen LogP contribution in [0.25, 0.3) is 5.69 Å². The summed E-state index contributed by atoms with van der Waals surface area (Å²) in [6.45, 7) is 2.20. The van der Waals surface area contributed by atoms with Crippen molar-refractivity contribution in [1.29, 1.82) is 0 Å². The molecule has 1 aliphatic heterocycles. The second-order valence-corrected chi connectivity index (χ2v) is 8.34. The average Bonchev–Trinajstić information content (AvgIpc) is 3.25. The van der Waals surface area contributed by atoms with E-state index in [1.54, 1.807) is 27.8 Å². The molecule has 0 spiro atoms. The molecule has 4 rings (SSSR count). The zero-order chi connectivity index (χ0) is 23.4. The quantitative estimate of drug-likeness (QED) is 0.559. The van der Waals surface area contributed by atoms with Gasteiger partial charge >= 0.3 is 0 Å². The van der Waals surface area contributed by atoms with Crippen LogP contribution in [-0.2, 0) is 4.79 Å². The van der Waals surface area contributed by atoms with Gasteiger partial charge in [0.15, 0.2) is 5.16 Å². The molecule has 0 saturated carbocycles. The van der Waals surface area contributed by atoms with Crippen molar-refractivity contribution in [3.8, 4) is 5.69 Å². The number of imidazole rings is 1. The molecule has 7 nitrogen and oxygen atoms in total. The summed E-state index contributed by atoms with van der Waals surface area (Å²) in [5.74, 6) is -1.07. The zero-order valence-corrected chi connectivity index (χ0v) is 18.8. The minimum atomic E-state index is -0.362. The van der Waals surface area contributed by atoms with E-state index >= 15 is 0 Å². The van der Waals surface area contributed by atoms with Gasteiger partial charge in [0.2, 0.25) is 5.91 Å². The number of anilines is 1. The molecule has 0 atom stereocenters. The number of carbonyl (C=O) groups is 2. The maximum absolute atomic E-state index is 13.4. The summed E-state index contributed by atoms with van der Waals surface area (Å²) in [4.78, 5) is 33.6. The van der Waals surface area contributed by atoms with Gasteiger partial charge in [-0.05, 0) is 54.8 Å². The lowest BCUT2D eigenvalue weighted by Crippen LogP contribution is -2.50. The molecule has 3 aromatic rings. The zero-order valence-electron chi connectivity index (χ0n) is 18.0. The molecule has 2 aromatic carbocycles. The molecule has 2 heterocycles. The maximum atomic E-state index is 13.4. The second kappa shape index (κ2) is 10.1. The van der Waals surface area contributed by atoms with Gasteiger partial charge in [0, 0.05) is 37.6 Å². The summed E-state index contributed by atoms with van der Waals surface area (Å²) in [6, 6.07) is 11.5. The Labute approximate surface area is 194 Å². The smallest absolute Gasteiger partial charge is 0.272 e. The van der Waals surface area contributed by atoms with Crippen molar-refractivity contribution in [3.05, 3.63) is 72.1 Å². The predicted molar refractivity (Wildman–Crippen MR) is 123 cm³/mol. The van der Waals surface area contributed by atoms with E-state index in [1.165, 1.54) is 48.2 Å². The highest BCUT2D eigenvalue weighted by Crippen LogP contribution is 2.23. The molecule has 172 valence electrons. The van der Waals surface area contributed by atoms with E-state index in [2.05, 4.69) is 10.3 Å². The van der Waals surface area contributed by atoms with E-state index in [1.807, 2.05) is 11.2 Å². The number of amides is 2. The second-order valence-electron chi connectivity index (χ2n) is 7.57. The summed E-state index contributed by atoms with van der Waals surface area (Å²) < 4.78 is 28.1. The Balaban J connectivity index is 1.38.